The molecular formula is C19H14BrClFN5O. The Morgan fingerprint density at radius 1 is 1.29 bits per heavy atom. The molecular weight excluding hydrogens is 449 g/mol. The van der Waals surface area contributed by atoms with Gasteiger partial charge in [0.15, 0.2) is 0 Å². The smallest absolute Gasteiger partial charge is 0.255 e. The molecule has 4 rings (SSSR count). The number of hydrogen-bond donors (Lipinski definition) is 2. The highest BCUT2D eigenvalue weighted by Gasteiger charge is 2.36. The number of amides is 1. The number of allylic oxidation sites excluding steroid dienone is 1. The highest BCUT2D eigenvalue weighted by atomic mass is 79.9. The Labute approximate surface area is 173 Å². The van der Waals surface area contributed by atoms with Crippen molar-refractivity contribution >= 4 is 45.1 Å². The molecule has 0 fully saturated rings. The number of hydrogen-bond acceptors (Lipinski definition) is 4. The number of nitrogens with zero attached hydrogens (tertiary/aromatic N) is 3. The second kappa shape index (κ2) is 7.37. The lowest BCUT2D eigenvalue weighted by Gasteiger charge is -2.29. The molecule has 1 amide bonds. The number of halogens is 3. The Morgan fingerprint density at radius 2 is 2.04 bits per heavy atom. The lowest BCUT2D eigenvalue weighted by molar-refractivity contribution is -0.113. The summed E-state index contributed by atoms with van der Waals surface area (Å²) in [6, 6.07) is 10.6. The molecule has 2 aromatic carbocycles. The lowest BCUT2D eigenvalue weighted by atomic mass is 9.94. The fraction of sp³-hybridized carbons (Fsp3) is 0.105. The van der Waals surface area contributed by atoms with Gasteiger partial charge in [-0.3, -0.25) is 4.79 Å². The van der Waals surface area contributed by atoms with Crippen LogP contribution in [-0.4, -0.2) is 20.7 Å². The molecule has 1 atom stereocenters. The van der Waals surface area contributed by atoms with Gasteiger partial charge in [-0.25, -0.2) is 9.07 Å². The molecule has 6 nitrogen and oxygen atoms in total. The zero-order valence-corrected chi connectivity index (χ0v) is 16.9. The minimum atomic E-state index is -0.790. The summed E-state index contributed by atoms with van der Waals surface area (Å²) in [7, 11) is 0. The van der Waals surface area contributed by atoms with Crippen molar-refractivity contribution < 1.29 is 9.18 Å². The van der Waals surface area contributed by atoms with Gasteiger partial charge >= 0.3 is 0 Å². The quantitative estimate of drug-likeness (QED) is 0.589. The second-order valence-electron chi connectivity index (χ2n) is 6.19. The molecule has 1 unspecified atom stereocenters. The summed E-state index contributed by atoms with van der Waals surface area (Å²) in [6.07, 6.45) is 1.36. The van der Waals surface area contributed by atoms with Crippen LogP contribution >= 0.6 is 27.5 Å². The molecule has 0 aliphatic carbocycles. The first kappa shape index (κ1) is 18.6. The number of carbonyl (C=O) groups is 1. The fourth-order valence-electron chi connectivity index (χ4n) is 3.16. The molecule has 1 aromatic heterocycles. The first-order valence-corrected chi connectivity index (χ1v) is 9.51. The zero-order chi connectivity index (χ0) is 19.8. The van der Waals surface area contributed by atoms with Crippen molar-refractivity contribution in [1.82, 2.24) is 14.8 Å². The standard InChI is InChI=1S/C19H14BrClFN5O/c1-10-15(18(28)26-12-7-5-11(21)6-8-12)17(27-19(25-10)23-9-24-27)16-13(20)3-2-4-14(16)22/h2-9,17H,1H3,(H,26,28)(H,23,24,25). The van der Waals surface area contributed by atoms with Crippen LogP contribution < -0.4 is 10.6 Å². The minimum Gasteiger partial charge on any atom is -0.328 e. The van der Waals surface area contributed by atoms with Crippen LogP contribution in [0.5, 0.6) is 0 Å². The third-order valence-corrected chi connectivity index (χ3v) is 5.36. The summed E-state index contributed by atoms with van der Waals surface area (Å²) in [5.41, 5.74) is 1.77. The number of carbonyl (C=O) groups excluding carboxylic acids is 1. The van der Waals surface area contributed by atoms with Gasteiger partial charge in [-0.2, -0.15) is 10.1 Å². The van der Waals surface area contributed by atoms with Crippen LogP contribution in [0, 0.1) is 5.82 Å². The first-order chi connectivity index (χ1) is 13.5. The Kier molecular flexibility index (Phi) is 4.91. The monoisotopic (exact) mass is 461 g/mol. The number of aromatic nitrogens is 3. The molecule has 0 saturated heterocycles. The van der Waals surface area contributed by atoms with Gasteiger partial charge in [0.1, 0.15) is 18.2 Å². The number of nitrogens with one attached hydrogen (secondary N) is 2. The van der Waals surface area contributed by atoms with E-state index in [1.54, 1.807) is 43.3 Å². The summed E-state index contributed by atoms with van der Waals surface area (Å²) >= 11 is 9.31. The van der Waals surface area contributed by atoms with Gasteiger partial charge in [-0.1, -0.05) is 33.6 Å². The first-order valence-electron chi connectivity index (χ1n) is 8.34. The third kappa shape index (κ3) is 3.29. The van der Waals surface area contributed by atoms with Crippen LogP contribution in [0.2, 0.25) is 5.02 Å². The van der Waals surface area contributed by atoms with E-state index >= 15 is 0 Å². The summed E-state index contributed by atoms with van der Waals surface area (Å²) in [5.74, 6) is -0.401. The molecule has 9 heteroatoms. The van der Waals surface area contributed by atoms with Gasteiger partial charge < -0.3 is 10.6 Å². The van der Waals surface area contributed by atoms with Crippen molar-refractivity contribution in [2.24, 2.45) is 0 Å². The van der Waals surface area contributed by atoms with Crippen molar-refractivity contribution in [2.45, 2.75) is 13.0 Å². The van der Waals surface area contributed by atoms with Crippen molar-refractivity contribution in [3.63, 3.8) is 0 Å². The fourth-order valence-corrected chi connectivity index (χ4v) is 3.84. The Morgan fingerprint density at radius 3 is 2.75 bits per heavy atom. The highest BCUT2D eigenvalue weighted by molar-refractivity contribution is 9.10. The Bertz CT molecular complexity index is 1080. The van der Waals surface area contributed by atoms with Crippen LogP contribution in [-0.2, 0) is 4.79 Å². The van der Waals surface area contributed by atoms with E-state index in [0.29, 0.717) is 38.0 Å². The molecule has 0 spiro atoms. The molecule has 142 valence electrons. The maximum atomic E-state index is 14.8. The van der Waals surface area contributed by atoms with E-state index in [1.807, 2.05) is 0 Å². The van der Waals surface area contributed by atoms with Crippen molar-refractivity contribution in [3.05, 3.63) is 80.9 Å². The molecule has 2 N–H and O–H groups in total. The van der Waals surface area contributed by atoms with Crippen LogP contribution in [0.25, 0.3) is 0 Å². The summed E-state index contributed by atoms with van der Waals surface area (Å²) < 4.78 is 16.8. The third-order valence-electron chi connectivity index (χ3n) is 4.41. The molecule has 0 radical (unpaired) electrons. The second-order valence-corrected chi connectivity index (χ2v) is 7.48. The minimum absolute atomic E-state index is 0.302. The normalized spacial score (nSPS) is 15.8. The number of rotatable bonds is 3. The van der Waals surface area contributed by atoms with Gasteiger partial charge in [-0.15, -0.1) is 0 Å². The van der Waals surface area contributed by atoms with Gasteiger partial charge in [-0.05, 0) is 43.3 Å². The Balaban J connectivity index is 1.81. The van der Waals surface area contributed by atoms with Gasteiger partial charge in [0, 0.05) is 26.4 Å². The Hall–Kier alpha value is -2.71. The maximum absolute atomic E-state index is 14.8. The van der Waals surface area contributed by atoms with Crippen LogP contribution in [0.4, 0.5) is 16.0 Å². The van der Waals surface area contributed by atoms with E-state index in [9.17, 15) is 9.18 Å². The molecule has 28 heavy (non-hydrogen) atoms. The maximum Gasteiger partial charge on any atom is 0.255 e. The molecule has 0 saturated carbocycles. The molecule has 0 bridgehead atoms. The number of anilines is 2. The lowest BCUT2D eigenvalue weighted by Crippen LogP contribution is -2.32. The predicted molar refractivity (Wildman–Crippen MR) is 109 cm³/mol. The van der Waals surface area contributed by atoms with Crippen LogP contribution in [0.3, 0.4) is 0 Å². The molecule has 1 aliphatic rings. The largest absolute Gasteiger partial charge is 0.328 e. The van der Waals surface area contributed by atoms with E-state index in [4.69, 9.17) is 11.6 Å². The van der Waals surface area contributed by atoms with E-state index in [1.165, 1.54) is 17.1 Å². The summed E-state index contributed by atoms with van der Waals surface area (Å²) in [4.78, 5) is 17.3. The van der Waals surface area contributed by atoms with Crippen LogP contribution in [0.15, 0.2) is 64.5 Å². The van der Waals surface area contributed by atoms with Crippen LogP contribution in [0.1, 0.15) is 18.5 Å². The van der Waals surface area contributed by atoms with Gasteiger partial charge in [0.2, 0.25) is 5.95 Å². The summed E-state index contributed by atoms with van der Waals surface area (Å²) in [6.45, 7) is 1.75. The number of fused-ring (bicyclic) bond motifs is 1. The summed E-state index contributed by atoms with van der Waals surface area (Å²) in [5, 5.41) is 10.7. The average molecular weight is 463 g/mol. The SMILES string of the molecule is CC1=C(C(=O)Nc2ccc(Cl)cc2)C(c2c(F)cccc2Br)n2ncnc2N1. The number of benzene rings is 2. The van der Waals surface area contributed by atoms with E-state index in [0.717, 1.165) is 0 Å². The van der Waals surface area contributed by atoms with Gasteiger partial charge in [0.05, 0.1) is 5.57 Å². The highest BCUT2D eigenvalue weighted by Crippen LogP contribution is 2.39. The van der Waals surface area contributed by atoms with Crippen molar-refractivity contribution in [2.75, 3.05) is 10.6 Å². The van der Waals surface area contributed by atoms with E-state index in [-0.39, 0.29) is 5.91 Å². The van der Waals surface area contributed by atoms with E-state index in [2.05, 4.69) is 36.6 Å². The zero-order valence-electron chi connectivity index (χ0n) is 14.6. The average Bonchev–Trinajstić information content (AvgIpc) is 3.11. The van der Waals surface area contributed by atoms with Gasteiger partial charge in [0.25, 0.3) is 5.91 Å². The molecule has 2 heterocycles. The van der Waals surface area contributed by atoms with Crippen molar-refractivity contribution in [1.29, 1.82) is 0 Å². The molecule has 1 aliphatic heterocycles. The molecule has 3 aromatic rings. The topological polar surface area (TPSA) is 71.8 Å². The van der Waals surface area contributed by atoms with Crippen molar-refractivity contribution in [3.8, 4) is 0 Å². The van der Waals surface area contributed by atoms with E-state index < -0.39 is 11.9 Å². The predicted octanol–water partition coefficient (Wildman–Crippen LogP) is 4.76.